The Kier molecular flexibility index (Phi) is 5.37. The number of hydrogen-bond donors (Lipinski definition) is 1. The lowest BCUT2D eigenvalue weighted by Crippen LogP contribution is -2.23. The van der Waals surface area contributed by atoms with Crippen molar-refractivity contribution in [3.63, 3.8) is 0 Å². The van der Waals surface area contributed by atoms with Gasteiger partial charge in [0, 0.05) is 0 Å². The summed E-state index contributed by atoms with van der Waals surface area (Å²) in [7, 11) is 0. The number of aromatic nitrogens is 3. The van der Waals surface area contributed by atoms with E-state index in [0.29, 0.717) is 5.16 Å². The Morgan fingerprint density at radius 1 is 1.12 bits per heavy atom. The van der Waals surface area contributed by atoms with Crippen molar-refractivity contribution in [2.24, 2.45) is 0 Å². The number of nitrogens with zero attached hydrogens (tertiary/aromatic N) is 3. The van der Waals surface area contributed by atoms with Gasteiger partial charge in [0.25, 0.3) is 0 Å². The molecule has 0 aliphatic carbocycles. The van der Waals surface area contributed by atoms with Crippen molar-refractivity contribution in [3.8, 4) is 5.69 Å². The van der Waals surface area contributed by atoms with Gasteiger partial charge in [0.05, 0.1) is 16.6 Å². The molecule has 0 saturated heterocycles. The number of aryl methyl sites for hydroxylation is 2. The van der Waals surface area contributed by atoms with Gasteiger partial charge in [-0.05, 0) is 44.5 Å². The van der Waals surface area contributed by atoms with Crippen molar-refractivity contribution in [1.82, 2.24) is 14.8 Å². The van der Waals surface area contributed by atoms with E-state index in [2.05, 4.69) is 15.5 Å². The summed E-state index contributed by atoms with van der Waals surface area (Å²) >= 11 is 1.28. The van der Waals surface area contributed by atoms with Crippen LogP contribution in [0.2, 0.25) is 0 Å². The fraction of sp³-hybridized carbons (Fsp3) is 0.211. The van der Waals surface area contributed by atoms with Crippen molar-refractivity contribution < 1.29 is 9.18 Å². The summed E-state index contributed by atoms with van der Waals surface area (Å²) < 4.78 is 15.6. The van der Waals surface area contributed by atoms with Crippen LogP contribution < -0.4 is 5.32 Å². The minimum Gasteiger partial charge on any atom is -0.323 e. The van der Waals surface area contributed by atoms with Gasteiger partial charge in [0.1, 0.15) is 11.6 Å². The van der Waals surface area contributed by atoms with Crippen LogP contribution in [0.5, 0.6) is 0 Å². The number of amides is 1. The number of thioether (sulfide) groups is 1. The zero-order valence-electron chi connectivity index (χ0n) is 14.7. The molecule has 0 radical (unpaired) electrons. The molecule has 0 saturated carbocycles. The lowest BCUT2D eigenvalue weighted by molar-refractivity contribution is -0.115. The van der Waals surface area contributed by atoms with Crippen LogP contribution in [0.15, 0.2) is 53.7 Å². The van der Waals surface area contributed by atoms with E-state index in [0.717, 1.165) is 17.1 Å². The van der Waals surface area contributed by atoms with Gasteiger partial charge < -0.3 is 5.32 Å². The Bertz CT molecular complexity index is 941. The molecule has 134 valence electrons. The van der Waals surface area contributed by atoms with Crippen molar-refractivity contribution in [3.05, 3.63) is 65.7 Å². The molecule has 0 aliphatic rings. The summed E-state index contributed by atoms with van der Waals surface area (Å²) in [5, 5.41) is 11.1. The molecule has 0 unspecified atom stereocenters. The third-order valence-corrected chi connectivity index (χ3v) is 4.98. The van der Waals surface area contributed by atoms with E-state index in [1.807, 2.05) is 42.7 Å². The molecule has 26 heavy (non-hydrogen) atoms. The predicted octanol–water partition coefficient (Wildman–Crippen LogP) is 4.14. The maximum Gasteiger partial charge on any atom is 0.237 e. The highest BCUT2D eigenvalue weighted by molar-refractivity contribution is 8.00. The number of hydrogen-bond acceptors (Lipinski definition) is 4. The molecule has 2 aromatic carbocycles. The van der Waals surface area contributed by atoms with Gasteiger partial charge in [0.2, 0.25) is 5.91 Å². The molecule has 1 N–H and O–H groups in total. The van der Waals surface area contributed by atoms with Gasteiger partial charge in [-0.3, -0.25) is 9.36 Å². The van der Waals surface area contributed by atoms with E-state index in [1.165, 1.54) is 23.9 Å². The predicted molar refractivity (Wildman–Crippen MR) is 101 cm³/mol. The molecule has 0 aliphatic heterocycles. The SMILES string of the molecule is Cc1ccccc1-n1c(C)nnc1S[C@@H](C)C(=O)Nc1ccccc1F. The zero-order chi connectivity index (χ0) is 18.7. The van der Waals surface area contributed by atoms with Gasteiger partial charge in [-0.15, -0.1) is 10.2 Å². The highest BCUT2D eigenvalue weighted by Crippen LogP contribution is 2.27. The number of anilines is 1. The minimum absolute atomic E-state index is 0.168. The number of carbonyl (C=O) groups excluding carboxylic acids is 1. The Morgan fingerprint density at radius 2 is 1.81 bits per heavy atom. The molecule has 1 heterocycles. The molecule has 0 fully saturated rings. The fourth-order valence-corrected chi connectivity index (χ4v) is 3.43. The molecule has 3 aromatic rings. The summed E-state index contributed by atoms with van der Waals surface area (Å²) in [4.78, 5) is 12.4. The first-order chi connectivity index (χ1) is 12.5. The van der Waals surface area contributed by atoms with Crippen LogP contribution in [0.1, 0.15) is 18.3 Å². The second-order valence-electron chi connectivity index (χ2n) is 5.88. The lowest BCUT2D eigenvalue weighted by atomic mass is 10.2. The molecule has 1 amide bonds. The van der Waals surface area contributed by atoms with E-state index in [-0.39, 0.29) is 11.6 Å². The normalized spacial score (nSPS) is 12.0. The van der Waals surface area contributed by atoms with E-state index < -0.39 is 11.1 Å². The molecule has 0 spiro atoms. The molecule has 7 heteroatoms. The van der Waals surface area contributed by atoms with Crippen LogP contribution in [-0.4, -0.2) is 25.9 Å². The third-order valence-electron chi connectivity index (χ3n) is 3.93. The Morgan fingerprint density at radius 3 is 2.54 bits per heavy atom. The number of para-hydroxylation sites is 2. The Balaban J connectivity index is 1.80. The summed E-state index contributed by atoms with van der Waals surface area (Å²) in [6, 6.07) is 14.0. The largest absolute Gasteiger partial charge is 0.323 e. The molecule has 0 bridgehead atoms. The molecular formula is C19H19FN4OS. The summed E-state index contributed by atoms with van der Waals surface area (Å²) in [5.74, 6) is -0.0161. The number of halogens is 1. The van der Waals surface area contributed by atoms with E-state index in [4.69, 9.17) is 0 Å². The first-order valence-electron chi connectivity index (χ1n) is 8.17. The number of nitrogens with one attached hydrogen (secondary N) is 1. The first kappa shape index (κ1) is 18.1. The van der Waals surface area contributed by atoms with Crippen LogP contribution in [0.25, 0.3) is 5.69 Å². The van der Waals surface area contributed by atoms with Gasteiger partial charge in [0.15, 0.2) is 5.16 Å². The molecule has 3 rings (SSSR count). The van der Waals surface area contributed by atoms with E-state index in [1.54, 1.807) is 19.1 Å². The molecule has 1 aromatic heterocycles. The Hall–Kier alpha value is -2.67. The van der Waals surface area contributed by atoms with Crippen molar-refractivity contribution in [2.75, 3.05) is 5.32 Å². The van der Waals surface area contributed by atoms with Crippen molar-refractivity contribution in [2.45, 2.75) is 31.2 Å². The molecule has 5 nitrogen and oxygen atoms in total. The summed E-state index contributed by atoms with van der Waals surface area (Å²) in [6.07, 6.45) is 0. The highest BCUT2D eigenvalue weighted by Gasteiger charge is 2.21. The fourth-order valence-electron chi connectivity index (χ4n) is 2.52. The first-order valence-corrected chi connectivity index (χ1v) is 9.05. The topological polar surface area (TPSA) is 59.8 Å². The van der Waals surface area contributed by atoms with Crippen LogP contribution in [-0.2, 0) is 4.79 Å². The van der Waals surface area contributed by atoms with E-state index in [9.17, 15) is 9.18 Å². The van der Waals surface area contributed by atoms with Gasteiger partial charge in [-0.1, -0.05) is 42.1 Å². The highest BCUT2D eigenvalue weighted by atomic mass is 32.2. The smallest absolute Gasteiger partial charge is 0.237 e. The molecular weight excluding hydrogens is 351 g/mol. The van der Waals surface area contributed by atoms with Crippen LogP contribution in [0.3, 0.4) is 0 Å². The lowest BCUT2D eigenvalue weighted by Gasteiger charge is -2.14. The summed E-state index contributed by atoms with van der Waals surface area (Å²) in [5.41, 5.74) is 2.22. The standard InChI is InChI=1S/C19H19FN4OS/c1-12-8-4-7-11-17(12)24-14(3)22-23-19(24)26-13(2)18(25)21-16-10-6-5-9-15(16)20/h4-11,13H,1-3H3,(H,21,25)/t13-/m0/s1. The zero-order valence-corrected chi connectivity index (χ0v) is 15.5. The minimum atomic E-state index is -0.471. The number of carbonyl (C=O) groups is 1. The summed E-state index contributed by atoms with van der Waals surface area (Å²) in [6.45, 7) is 5.64. The maximum atomic E-state index is 13.7. The monoisotopic (exact) mass is 370 g/mol. The maximum absolute atomic E-state index is 13.7. The van der Waals surface area contributed by atoms with Crippen molar-refractivity contribution in [1.29, 1.82) is 0 Å². The van der Waals surface area contributed by atoms with Gasteiger partial charge >= 0.3 is 0 Å². The van der Waals surface area contributed by atoms with Crippen LogP contribution in [0.4, 0.5) is 10.1 Å². The average Bonchev–Trinajstić information content (AvgIpc) is 2.97. The third kappa shape index (κ3) is 3.77. The molecule has 1 atom stereocenters. The number of benzene rings is 2. The quantitative estimate of drug-likeness (QED) is 0.686. The van der Waals surface area contributed by atoms with Crippen LogP contribution >= 0.6 is 11.8 Å². The van der Waals surface area contributed by atoms with Gasteiger partial charge in [-0.2, -0.15) is 0 Å². The van der Waals surface area contributed by atoms with Crippen LogP contribution in [0, 0.1) is 19.7 Å². The van der Waals surface area contributed by atoms with Crippen molar-refractivity contribution >= 4 is 23.4 Å². The Labute approximate surface area is 155 Å². The number of rotatable bonds is 5. The van der Waals surface area contributed by atoms with Gasteiger partial charge in [-0.25, -0.2) is 4.39 Å². The average molecular weight is 370 g/mol. The van der Waals surface area contributed by atoms with E-state index >= 15 is 0 Å². The second-order valence-corrected chi connectivity index (χ2v) is 7.19. The second kappa shape index (κ2) is 7.70.